The minimum Gasteiger partial charge on any atom is -0.347 e. The molecule has 3 nitrogen and oxygen atoms in total. The highest BCUT2D eigenvalue weighted by atomic mass is 35.5. The van der Waals surface area contributed by atoms with Gasteiger partial charge >= 0.3 is 0 Å². The first-order valence-electron chi connectivity index (χ1n) is 5.33. The first-order valence-corrected chi connectivity index (χ1v) is 6.09. The van der Waals surface area contributed by atoms with Crippen LogP contribution >= 0.6 is 23.2 Å². The fourth-order valence-electron chi connectivity index (χ4n) is 1.54. The van der Waals surface area contributed by atoms with Crippen molar-refractivity contribution in [2.75, 3.05) is 0 Å². The molecule has 0 aliphatic carbocycles. The van der Waals surface area contributed by atoms with E-state index in [2.05, 4.69) is 15.3 Å². The van der Waals surface area contributed by atoms with Gasteiger partial charge in [0.05, 0.1) is 6.04 Å². The summed E-state index contributed by atoms with van der Waals surface area (Å²) >= 11 is 11.9. The molecule has 0 radical (unpaired) electrons. The molecule has 0 spiro atoms. The van der Waals surface area contributed by atoms with E-state index >= 15 is 0 Å². The zero-order chi connectivity index (χ0) is 12.3. The maximum Gasteiger partial charge on any atom is 0.122 e. The van der Waals surface area contributed by atoms with Crippen molar-refractivity contribution in [2.24, 2.45) is 0 Å². The smallest absolute Gasteiger partial charge is 0.122 e. The van der Waals surface area contributed by atoms with Gasteiger partial charge < -0.3 is 10.3 Å². The predicted octanol–water partition coefficient (Wildman–Crippen LogP) is 3.57. The van der Waals surface area contributed by atoms with Gasteiger partial charge in [-0.05, 0) is 24.6 Å². The molecule has 1 unspecified atom stereocenters. The SMILES string of the molecule is CC(NCc1ccc(Cl)cc1Cl)c1ncc[nH]1. The zero-order valence-electron chi connectivity index (χ0n) is 9.37. The Labute approximate surface area is 110 Å². The van der Waals surface area contributed by atoms with E-state index in [-0.39, 0.29) is 6.04 Å². The third-order valence-corrected chi connectivity index (χ3v) is 3.13. The molecule has 0 aliphatic heterocycles. The predicted molar refractivity (Wildman–Crippen MR) is 70.3 cm³/mol. The third-order valence-electron chi connectivity index (χ3n) is 2.54. The Kier molecular flexibility index (Phi) is 4.05. The van der Waals surface area contributed by atoms with Crippen molar-refractivity contribution >= 4 is 23.2 Å². The molecule has 1 aromatic heterocycles. The number of benzene rings is 1. The van der Waals surface area contributed by atoms with E-state index in [9.17, 15) is 0 Å². The molecule has 0 aliphatic rings. The standard InChI is InChI=1S/C12H13Cl2N3/c1-8(12-15-4-5-16-12)17-7-9-2-3-10(13)6-11(9)14/h2-6,8,17H,7H2,1H3,(H,15,16). The summed E-state index contributed by atoms with van der Waals surface area (Å²) in [6, 6.07) is 5.66. The number of H-pyrrole nitrogens is 1. The number of rotatable bonds is 4. The molecule has 2 aromatic rings. The molecule has 2 rings (SSSR count). The van der Waals surface area contributed by atoms with Crippen LogP contribution in [0.5, 0.6) is 0 Å². The Morgan fingerprint density at radius 2 is 2.24 bits per heavy atom. The van der Waals surface area contributed by atoms with E-state index in [4.69, 9.17) is 23.2 Å². The van der Waals surface area contributed by atoms with Crippen LogP contribution in [-0.2, 0) is 6.54 Å². The lowest BCUT2D eigenvalue weighted by atomic mass is 10.2. The van der Waals surface area contributed by atoms with E-state index in [1.807, 2.05) is 25.3 Å². The molecular formula is C12H13Cl2N3. The van der Waals surface area contributed by atoms with Crippen LogP contribution in [0.2, 0.25) is 10.0 Å². The van der Waals surface area contributed by atoms with Crippen molar-refractivity contribution in [1.82, 2.24) is 15.3 Å². The maximum absolute atomic E-state index is 6.09. The highest BCUT2D eigenvalue weighted by molar-refractivity contribution is 6.35. The largest absolute Gasteiger partial charge is 0.347 e. The average Bonchev–Trinajstić information content (AvgIpc) is 2.81. The van der Waals surface area contributed by atoms with Gasteiger partial charge in [0.15, 0.2) is 0 Å². The lowest BCUT2D eigenvalue weighted by Gasteiger charge is -2.12. The van der Waals surface area contributed by atoms with E-state index < -0.39 is 0 Å². The molecule has 17 heavy (non-hydrogen) atoms. The maximum atomic E-state index is 6.09. The molecule has 5 heteroatoms. The highest BCUT2D eigenvalue weighted by Gasteiger charge is 2.08. The Balaban J connectivity index is 1.98. The second-order valence-electron chi connectivity index (χ2n) is 3.81. The zero-order valence-corrected chi connectivity index (χ0v) is 10.9. The molecular weight excluding hydrogens is 257 g/mol. The van der Waals surface area contributed by atoms with Crippen molar-refractivity contribution in [3.8, 4) is 0 Å². The minimum atomic E-state index is 0.150. The third kappa shape index (κ3) is 3.22. The van der Waals surface area contributed by atoms with Crippen molar-refractivity contribution < 1.29 is 0 Å². The van der Waals surface area contributed by atoms with Gasteiger partial charge in [-0.15, -0.1) is 0 Å². The van der Waals surface area contributed by atoms with Crippen molar-refractivity contribution in [1.29, 1.82) is 0 Å². The summed E-state index contributed by atoms with van der Waals surface area (Å²) < 4.78 is 0. The number of hydrogen-bond donors (Lipinski definition) is 2. The molecule has 0 saturated heterocycles. The summed E-state index contributed by atoms with van der Waals surface area (Å²) in [5.41, 5.74) is 1.02. The average molecular weight is 270 g/mol. The molecule has 1 atom stereocenters. The lowest BCUT2D eigenvalue weighted by molar-refractivity contribution is 0.551. The van der Waals surface area contributed by atoms with E-state index in [1.165, 1.54) is 0 Å². The van der Waals surface area contributed by atoms with Gasteiger partial charge in [0.25, 0.3) is 0 Å². The van der Waals surface area contributed by atoms with Crippen molar-refractivity contribution in [2.45, 2.75) is 19.5 Å². The first kappa shape index (κ1) is 12.4. The lowest BCUT2D eigenvalue weighted by Crippen LogP contribution is -2.19. The normalized spacial score (nSPS) is 12.6. The topological polar surface area (TPSA) is 40.7 Å². The molecule has 0 fully saturated rings. The van der Waals surface area contributed by atoms with Crippen LogP contribution in [0.4, 0.5) is 0 Å². The molecule has 0 amide bonds. The first-order chi connectivity index (χ1) is 8.16. The molecule has 2 N–H and O–H groups in total. The fourth-order valence-corrected chi connectivity index (χ4v) is 2.01. The van der Waals surface area contributed by atoms with Gasteiger partial charge in [-0.25, -0.2) is 4.98 Å². The number of halogens is 2. The molecule has 90 valence electrons. The summed E-state index contributed by atoms with van der Waals surface area (Å²) in [6.07, 6.45) is 3.55. The number of imidazole rings is 1. The number of aromatic amines is 1. The molecule has 0 saturated carbocycles. The number of nitrogens with one attached hydrogen (secondary N) is 2. The van der Waals surface area contributed by atoms with E-state index in [1.54, 1.807) is 12.3 Å². The second kappa shape index (κ2) is 5.54. The summed E-state index contributed by atoms with van der Waals surface area (Å²) in [7, 11) is 0. The van der Waals surface area contributed by atoms with Gasteiger partial charge in [0, 0.05) is 29.0 Å². The monoisotopic (exact) mass is 269 g/mol. The van der Waals surface area contributed by atoms with Gasteiger partial charge in [-0.2, -0.15) is 0 Å². The summed E-state index contributed by atoms with van der Waals surface area (Å²) in [5.74, 6) is 0.912. The van der Waals surface area contributed by atoms with Crippen LogP contribution in [-0.4, -0.2) is 9.97 Å². The minimum absolute atomic E-state index is 0.150. The Hall–Kier alpha value is -1.03. The van der Waals surface area contributed by atoms with E-state index in [0.29, 0.717) is 16.6 Å². The van der Waals surface area contributed by atoms with Crippen LogP contribution in [0.1, 0.15) is 24.4 Å². The fraction of sp³-hybridized carbons (Fsp3) is 0.250. The summed E-state index contributed by atoms with van der Waals surface area (Å²) in [6.45, 7) is 2.72. The number of hydrogen-bond acceptors (Lipinski definition) is 2. The van der Waals surface area contributed by atoms with Crippen LogP contribution in [0.15, 0.2) is 30.6 Å². The van der Waals surface area contributed by atoms with Gasteiger partial charge in [-0.3, -0.25) is 0 Å². The Bertz CT molecular complexity index is 483. The molecule has 1 aromatic carbocycles. The van der Waals surface area contributed by atoms with Crippen LogP contribution in [0, 0.1) is 0 Å². The number of nitrogens with zero attached hydrogens (tertiary/aromatic N) is 1. The Morgan fingerprint density at radius 1 is 1.41 bits per heavy atom. The van der Waals surface area contributed by atoms with Crippen LogP contribution < -0.4 is 5.32 Å². The molecule has 0 bridgehead atoms. The second-order valence-corrected chi connectivity index (χ2v) is 4.66. The summed E-state index contributed by atoms with van der Waals surface area (Å²) in [4.78, 5) is 7.26. The Morgan fingerprint density at radius 3 is 2.88 bits per heavy atom. The summed E-state index contributed by atoms with van der Waals surface area (Å²) in [5, 5.41) is 4.67. The quantitative estimate of drug-likeness (QED) is 0.891. The van der Waals surface area contributed by atoms with Crippen LogP contribution in [0.3, 0.4) is 0 Å². The van der Waals surface area contributed by atoms with Crippen molar-refractivity contribution in [3.05, 3.63) is 52.0 Å². The van der Waals surface area contributed by atoms with Gasteiger partial charge in [0.2, 0.25) is 0 Å². The molecule has 1 heterocycles. The number of aromatic nitrogens is 2. The van der Waals surface area contributed by atoms with Crippen molar-refractivity contribution in [3.63, 3.8) is 0 Å². The van der Waals surface area contributed by atoms with Gasteiger partial charge in [-0.1, -0.05) is 29.3 Å². The van der Waals surface area contributed by atoms with Gasteiger partial charge in [0.1, 0.15) is 5.82 Å². The highest BCUT2D eigenvalue weighted by Crippen LogP contribution is 2.21. The van der Waals surface area contributed by atoms with Crippen LogP contribution in [0.25, 0.3) is 0 Å². The van der Waals surface area contributed by atoms with E-state index in [0.717, 1.165) is 11.4 Å².